The molecule has 112 valence electrons. The Bertz CT molecular complexity index is 271. The monoisotopic (exact) mass is 270 g/mol. The lowest BCUT2D eigenvalue weighted by atomic mass is 9.96. The maximum absolute atomic E-state index is 12.1. The number of hydrogen-bond acceptors (Lipinski definition) is 4. The molecule has 0 aliphatic carbocycles. The number of carbonyl (C=O) groups is 1. The summed E-state index contributed by atoms with van der Waals surface area (Å²) >= 11 is 0. The number of likely N-dealkylation sites (tertiary alicyclic amines) is 1. The highest BCUT2D eigenvalue weighted by molar-refractivity contribution is 5.76. The molecule has 0 aromatic heterocycles. The fourth-order valence-corrected chi connectivity index (χ4v) is 2.89. The highest BCUT2D eigenvalue weighted by atomic mass is 16.5. The van der Waals surface area contributed by atoms with E-state index in [-0.39, 0.29) is 18.1 Å². The van der Waals surface area contributed by atoms with Gasteiger partial charge < -0.3 is 10.1 Å². The molecule has 4 nitrogen and oxygen atoms in total. The molecule has 19 heavy (non-hydrogen) atoms. The van der Waals surface area contributed by atoms with E-state index in [2.05, 4.69) is 37.9 Å². The number of nitrogens with one attached hydrogen (secondary N) is 1. The van der Waals surface area contributed by atoms with Crippen molar-refractivity contribution in [1.29, 1.82) is 0 Å². The molecule has 1 aliphatic rings. The van der Waals surface area contributed by atoms with Crippen LogP contribution in [0.3, 0.4) is 0 Å². The van der Waals surface area contributed by atoms with E-state index < -0.39 is 0 Å². The summed E-state index contributed by atoms with van der Waals surface area (Å²) in [6.45, 7) is 11.7. The Morgan fingerprint density at radius 2 is 1.89 bits per heavy atom. The van der Waals surface area contributed by atoms with E-state index >= 15 is 0 Å². The minimum atomic E-state index is -0.219. The smallest absolute Gasteiger partial charge is 0.324 e. The fourth-order valence-electron chi connectivity index (χ4n) is 2.89. The molecule has 1 saturated heterocycles. The summed E-state index contributed by atoms with van der Waals surface area (Å²) in [6.07, 6.45) is 3.74. The lowest BCUT2D eigenvalue weighted by Gasteiger charge is -2.40. The first kappa shape index (κ1) is 16.4. The van der Waals surface area contributed by atoms with Gasteiger partial charge in [-0.1, -0.05) is 20.3 Å². The van der Waals surface area contributed by atoms with Crippen molar-refractivity contribution in [1.82, 2.24) is 10.2 Å². The van der Waals surface area contributed by atoms with Gasteiger partial charge in [-0.05, 0) is 33.6 Å². The molecule has 1 heterocycles. The van der Waals surface area contributed by atoms with Gasteiger partial charge in [-0.2, -0.15) is 0 Å². The van der Waals surface area contributed by atoms with Crippen molar-refractivity contribution in [3.8, 4) is 0 Å². The third kappa shape index (κ3) is 5.11. The first-order valence-corrected chi connectivity index (χ1v) is 7.64. The topological polar surface area (TPSA) is 41.6 Å². The number of rotatable bonds is 6. The van der Waals surface area contributed by atoms with Crippen molar-refractivity contribution in [2.45, 2.75) is 78.0 Å². The van der Waals surface area contributed by atoms with Crippen LogP contribution in [0.15, 0.2) is 0 Å². The molecule has 0 aromatic carbocycles. The van der Waals surface area contributed by atoms with Crippen LogP contribution in [-0.2, 0) is 9.53 Å². The summed E-state index contributed by atoms with van der Waals surface area (Å²) in [5.74, 6) is -0.124. The standard InChI is InChI=1S/C15H30N2O2/c1-6-19-15(18)14(16-11(2)3)10-17-12(4)8-7-9-13(17)5/h11-14,16H,6-10H2,1-5H3/t12-,13+,14?. The number of piperidine rings is 1. The molecular formula is C15H30N2O2. The van der Waals surface area contributed by atoms with Crippen LogP contribution in [0.5, 0.6) is 0 Å². The van der Waals surface area contributed by atoms with Gasteiger partial charge in [-0.25, -0.2) is 0 Å². The number of ether oxygens (including phenoxy) is 1. The second-order valence-electron chi connectivity index (χ2n) is 5.95. The van der Waals surface area contributed by atoms with E-state index in [9.17, 15) is 4.79 Å². The summed E-state index contributed by atoms with van der Waals surface area (Å²) in [6, 6.07) is 1.16. The summed E-state index contributed by atoms with van der Waals surface area (Å²) in [5.41, 5.74) is 0. The van der Waals surface area contributed by atoms with Crippen LogP contribution >= 0.6 is 0 Å². The minimum Gasteiger partial charge on any atom is -0.465 e. The van der Waals surface area contributed by atoms with Crippen LogP contribution in [0.2, 0.25) is 0 Å². The van der Waals surface area contributed by atoms with Gasteiger partial charge in [-0.15, -0.1) is 0 Å². The van der Waals surface area contributed by atoms with E-state index in [1.165, 1.54) is 19.3 Å². The van der Waals surface area contributed by atoms with Gasteiger partial charge in [-0.3, -0.25) is 9.69 Å². The molecule has 0 spiro atoms. The maximum Gasteiger partial charge on any atom is 0.324 e. The Kier molecular flexibility index (Phi) is 6.80. The lowest BCUT2D eigenvalue weighted by Crippen LogP contribution is -2.54. The Morgan fingerprint density at radius 1 is 1.32 bits per heavy atom. The molecule has 1 N–H and O–H groups in total. The van der Waals surface area contributed by atoms with Gasteiger partial charge in [0.15, 0.2) is 0 Å². The summed E-state index contributed by atoms with van der Waals surface area (Å²) in [5, 5.41) is 3.34. The van der Waals surface area contributed by atoms with Crippen molar-refractivity contribution in [2.24, 2.45) is 0 Å². The SMILES string of the molecule is CCOC(=O)C(CN1[C@H](C)CCC[C@@H]1C)NC(C)C. The van der Waals surface area contributed by atoms with Gasteiger partial charge in [0.2, 0.25) is 0 Å². The third-order valence-corrected chi connectivity index (χ3v) is 3.88. The highest BCUT2D eigenvalue weighted by Gasteiger charge is 2.30. The largest absolute Gasteiger partial charge is 0.465 e. The van der Waals surface area contributed by atoms with Crippen LogP contribution < -0.4 is 5.32 Å². The maximum atomic E-state index is 12.1. The van der Waals surface area contributed by atoms with E-state index in [4.69, 9.17) is 4.74 Å². The number of esters is 1. The molecule has 1 aliphatic heterocycles. The van der Waals surface area contributed by atoms with Gasteiger partial charge >= 0.3 is 5.97 Å². The molecule has 1 rings (SSSR count). The summed E-state index contributed by atoms with van der Waals surface area (Å²) in [4.78, 5) is 14.5. The van der Waals surface area contributed by atoms with E-state index in [0.29, 0.717) is 18.7 Å². The van der Waals surface area contributed by atoms with Gasteiger partial charge in [0.05, 0.1) is 6.61 Å². The highest BCUT2D eigenvalue weighted by Crippen LogP contribution is 2.22. The lowest BCUT2D eigenvalue weighted by molar-refractivity contribution is -0.146. The summed E-state index contributed by atoms with van der Waals surface area (Å²) < 4.78 is 5.19. The zero-order valence-electron chi connectivity index (χ0n) is 13.1. The molecule has 1 unspecified atom stereocenters. The van der Waals surface area contributed by atoms with Crippen LogP contribution in [0.1, 0.15) is 53.9 Å². The molecular weight excluding hydrogens is 240 g/mol. The predicted molar refractivity (Wildman–Crippen MR) is 78.2 cm³/mol. The first-order chi connectivity index (χ1) is 8.95. The molecule has 0 amide bonds. The zero-order valence-corrected chi connectivity index (χ0v) is 13.1. The second-order valence-corrected chi connectivity index (χ2v) is 5.95. The number of hydrogen-bond donors (Lipinski definition) is 1. The van der Waals surface area contributed by atoms with E-state index in [0.717, 1.165) is 6.54 Å². The van der Waals surface area contributed by atoms with Crippen LogP contribution in [0.4, 0.5) is 0 Å². The van der Waals surface area contributed by atoms with Crippen LogP contribution in [-0.4, -0.2) is 48.2 Å². The minimum absolute atomic E-state index is 0.124. The van der Waals surface area contributed by atoms with Crippen molar-refractivity contribution < 1.29 is 9.53 Å². The fraction of sp³-hybridized carbons (Fsp3) is 0.933. The Hall–Kier alpha value is -0.610. The van der Waals surface area contributed by atoms with Gasteiger partial charge in [0, 0.05) is 24.7 Å². The Balaban J connectivity index is 2.66. The molecule has 0 saturated carbocycles. The molecule has 0 bridgehead atoms. The zero-order chi connectivity index (χ0) is 14.4. The Morgan fingerprint density at radius 3 is 2.37 bits per heavy atom. The average Bonchev–Trinajstić information content (AvgIpc) is 2.32. The molecule has 3 atom stereocenters. The number of carbonyl (C=O) groups excluding carboxylic acids is 1. The quantitative estimate of drug-likeness (QED) is 0.751. The molecule has 1 fully saturated rings. The third-order valence-electron chi connectivity index (χ3n) is 3.88. The van der Waals surface area contributed by atoms with E-state index in [1.54, 1.807) is 0 Å². The van der Waals surface area contributed by atoms with Crippen molar-refractivity contribution in [3.05, 3.63) is 0 Å². The molecule has 0 radical (unpaired) electrons. The normalized spacial score (nSPS) is 26.4. The summed E-state index contributed by atoms with van der Waals surface area (Å²) in [7, 11) is 0. The first-order valence-electron chi connectivity index (χ1n) is 7.64. The Labute approximate surface area is 117 Å². The van der Waals surface area contributed by atoms with Crippen LogP contribution in [0.25, 0.3) is 0 Å². The predicted octanol–water partition coefficient (Wildman–Crippen LogP) is 2.18. The second kappa shape index (κ2) is 7.85. The van der Waals surface area contributed by atoms with Crippen LogP contribution in [0, 0.1) is 0 Å². The number of nitrogens with zero attached hydrogens (tertiary/aromatic N) is 1. The molecule has 0 aromatic rings. The average molecular weight is 270 g/mol. The molecule has 4 heteroatoms. The van der Waals surface area contributed by atoms with E-state index in [1.807, 2.05) is 6.92 Å². The van der Waals surface area contributed by atoms with Crippen molar-refractivity contribution in [2.75, 3.05) is 13.2 Å². The van der Waals surface area contributed by atoms with Gasteiger partial charge in [0.25, 0.3) is 0 Å². The van der Waals surface area contributed by atoms with Crippen molar-refractivity contribution >= 4 is 5.97 Å². The van der Waals surface area contributed by atoms with Crippen molar-refractivity contribution in [3.63, 3.8) is 0 Å². The van der Waals surface area contributed by atoms with Gasteiger partial charge in [0.1, 0.15) is 6.04 Å².